The number of nitrogens with zero attached hydrogens (tertiary/aromatic N) is 2. The molecule has 126 valence electrons. The van der Waals surface area contributed by atoms with Gasteiger partial charge in [0.05, 0.1) is 11.3 Å². The van der Waals surface area contributed by atoms with Crippen LogP contribution in [0.25, 0.3) is 0 Å². The largest absolute Gasteiger partial charge is 0.484 e. The Bertz CT molecular complexity index is 731. The van der Waals surface area contributed by atoms with E-state index in [1.165, 1.54) is 12.1 Å². The SMILES string of the molecule is C/C(=N\NC(=O)COc1cccc(C(F)(F)F)c1)c1ccncc1. The maximum atomic E-state index is 12.6. The third kappa shape index (κ3) is 5.08. The van der Waals surface area contributed by atoms with Gasteiger partial charge in [-0.1, -0.05) is 6.07 Å². The molecule has 0 radical (unpaired) electrons. The Morgan fingerprint density at radius 2 is 1.96 bits per heavy atom. The second-order valence-corrected chi connectivity index (χ2v) is 4.78. The highest BCUT2D eigenvalue weighted by Crippen LogP contribution is 2.31. The third-order valence-corrected chi connectivity index (χ3v) is 2.98. The fourth-order valence-electron chi connectivity index (χ4n) is 1.75. The van der Waals surface area contributed by atoms with Gasteiger partial charge in [-0.3, -0.25) is 9.78 Å². The van der Waals surface area contributed by atoms with Crippen LogP contribution in [-0.2, 0) is 11.0 Å². The van der Waals surface area contributed by atoms with Crippen molar-refractivity contribution in [1.29, 1.82) is 0 Å². The number of hydrogen-bond donors (Lipinski definition) is 1. The molecule has 8 heteroatoms. The normalized spacial score (nSPS) is 11.9. The molecule has 2 aromatic rings. The molecule has 0 bridgehead atoms. The highest BCUT2D eigenvalue weighted by molar-refractivity contribution is 5.99. The first kappa shape index (κ1) is 17.5. The molecule has 1 aromatic carbocycles. The van der Waals surface area contributed by atoms with E-state index in [0.29, 0.717) is 5.71 Å². The Balaban J connectivity index is 1.90. The number of hydrogen-bond acceptors (Lipinski definition) is 4. The first-order valence-corrected chi connectivity index (χ1v) is 6.90. The zero-order chi connectivity index (χ0) is 17.6. The van der Waals surface area contributed by atoms with Gasteiger partial charge in [-0.2, -0.15) is 18.3 Å². The zero-order valence-electron chi connectivity index (χ0n) is 12.7. The van der Waals surface area contributed by atoms with E-state index in [1.807, 2.05) is 0 Å². The molecule has 0 atom stereocenters. The van der Waals surface area contributed by atoms with Crippen molar-refractivity contribution in [2.75, 3.05) is 6.61 Å². The van der Waals surface area contributed by atoms with E-state index in [0.717, 1.165) is 17.7 Å². The molecule has 0 unspecified atom stereocenters. The number of nitrogens with one attached hydrogen (secondary N) is 1. The molecule has 1 heterocycles. The Morgan fingerprint density at radius 1 is 1.25 bits per heavy atom. The van der Waals surface area contributed by atoms with Crippen molar-refractivity contribution in [2.45, 2.75) is 13.1 Å². The lowest BCUT2D eigenvalue weighted by Gasteiger charge is -2.09. The highest BCUT2D eigenvalue weighted by atomic mass is 19.4. The second-order valence-electron chi connectivity index (χ2n) is 4.78. The van der Waals surface area contributed by atoms with Crippen LogP contribution in [0, 0.1) is 0 Å². The van der Waals surface area contributed by atoms with Gasteiger partial charge >= 0.3 is 6.18 Å². The van der Waals surface area contributed by atoms with Crippen molar-refractivity contribution >= 4 is 11.6 Å². The van der Waals surface area contributed by atoms with Crippen LogP contribution in [0.1, 0.15) is 18.1 Å². The first-order valence-electron chi connectivity index (χ1n) is 6.90. The molecule has 1 amide bonds. The number of rotatable bonds is 5. The quantitative estimate of drug-likeness (QED) is 0.674. The minimum Gasteiger partial charge on any atom is -0.484 e. The molecule has 0 aliphatic rings. The molecule has 0 saturated heterocycles. The summed E-state index contributed by atoms with van der Waals surface area (Å²) >= 11 is 0. The first-order chi connectivity index (χ1) is 11.4. The molecule has 0 saturated carbocycles. The van der Waals surface area contributed by atoms with E-state index >= 15 is 0 Å². The molecule has 1 N–H and O–H groups in total. The van der Waals surface area contributed by atoms with Crippen LogP contribution < -0.4 is 10.2 Å². The van der Waals surface area contributed by atoms with Gasteiger partial charge in [-0.15, -0.1) is 0 Å². The van der Waals surface area contributed by atoms with Crippen molar-refractivity contribution in [2.24, 2.45) is 5.10 Å². The van der Waals surface area contributed by atoms with Crippen molar-refractivity contribution < 1.29 is 22.7 Å². The fourth-order valence-corrected chi connectivity index (χ4v) is 1.75. The number of alkyl halides is 3. The van der Waals surface area contributed by atoms with Gasteiger partial charge in [-0.05, 0) is 37.3 Å². The molecule has 0 spiro atoms. The molecular weight excluding hydrogens is 323 g/mol. The number of aromatic nitrogens is 1. The van der Waals surface area contributed by atoms with E-state index < -0.39 is 24.3 Å². The molecule has 0 fully saturated rings. The molecule has 0 aliphatic heterocycles. The van der Waals surface area contributed by atoms with Crippen LogP contribution in [0.5, 0.6) is 5.75 Å². The van der Waals surface area contributed by atoms with Gasteiger partial charge in [0, 0.05) is 18.0 Å². The van der Waals surface area contributed by atoms with Crippen LogP contribution in [0.4, 0.5) is 13.2 Å². The predicted octanol–water partition coefficient (Wildman–Crippen LogP) is 3.02. The fraction of sp³-hybridized carbons (Fsp3) is 0.188. The van der Waals surface area contributed by atoms with Crippen LogP contribution in [0.15, 0.2) is 53.9 Å². The lowest BCUT2D eigenvalue weighted by atomic mass is 10.2. The number of carbonyl (C=O) groups excluding carboxylic acids is 1. The minimum atomic E-state index is -4.46. The lowest BCUT2D eigenvalue weighted by molar-refractivity contribution is -0.137. The summed E-state index contributed by atoms with van der Waals surface area (Å²) < 4.78 is 42.8. The standard InChI is InChI=1S/C16H14F3N3O2/c1-11(12-5-7-20-8-6-12)21-22-15(23)10-24-14-4-2-3-13(9-14)16(17,18)19/h2-9H,10H2,1H3,(H,22,23)/b21-11+. The summed E-state index contributed by atoms with van der Waals surface area (Å²) in [5, 5.41) is 3.89. The van der Waals surface area contributed by atoms with Gasteiger partial charge in [0.25, 0.3) is 5.91 Å². The zero-order valence-corrected chi connectivity index (χ0v) is 12.7. The van der Waals surface area contributed by atoms with Gasteiger partial charge in [0.2, 0.25) is 0 Å². The maximum Gasteiger partial charge on any atom is 0.416 e. The summed E-state index contributed by atoms with van der Waals surface area (Å²) in [6.45, 7) is 1.25. The van der Waals surface area contributed by atoms with Gasteiger partial charge in [0.1, 0.15) is 5.75 Å². The highest BCUT2D eigenvalue weighted by Gasteiger charge is 2.30. The van der Waals surface area contributed by atoms with Crippen LogP contribution >= 0.6 is 0 Å². The average molecular weight is 337 g/mol. The van der Waals surface area contributed by atoms with Crippen LogP contribution in [0.2, 0.25) is 0 Å². The maximum absolute atomic E-state index is 12.6. The third-order valence-electron chi connectivity index (χ3n) is 2.98. The van der Waals surface area contributed by atoms with Crippen molar-refractivity contribution in [3.8, 4) is 5.75 Å². The molecule has 2 rings (SSSR count). The second kappa shape index (κ2) is 7.58. The van der Waals surface area contributed by atoms with Crippen molar-refractivity contribution in [3.05, 3.63) is 59.9 Å². The summed E-state index contributed by atoms with van der Waals surface area (Å²) in [7, 11) is 0. The van der Waals surface area contributed by atoms with Gasteiger partial charge in [0.15, 0.2) is 6.61 Å². The van der Waals surface area contributed by atoms with E-state index in [2.05, 4.69) is 15.5 Å². The monoisotopic (exact) mass is 337 g/mol. The number of amides is 1. The minimum absolute atomic E-state index is 0.0465. The number of ether oxygens (including phenoxy) is 1. The van der Waals surface area contributed by atoms with Crippen molar-refractivity contribution in [1.82, 2.24) is 10.4 Å². The number of halogens is 3. The lowest BCUT2D eigenvalue weighted by Crippen LogP contribution is -2.25. The number of carbonyl (C=O) groups is 1. The van der Waals surface area contributed by atoms with E-state index in [4.69, 9.17) is 4.74 Å². The predicted molar refractivity (Wildman–Crippen MR) is 81.5 cm³/mol. The molecule has 5 nitrogen and oxygen atoms in total. The average Bonchev–Trinajstić information content (AvgIpc) is 2.58. The molecule has 0 aliphatic carbocycles. The molecule has 1 aromatic heterocycles. The number of hydrazone groups is 1. The van der Waals surface area contributed by atoms with Crippen molar-refractivity contribution in [3.63, 3.8) is 0 Å². The Morgan fingerprint density at radius 3 is 2.62 bits per heavy atom. The summed E-state index contributed by atoms with van der Waals surface area (Å²) in [5.74, 6) is -0.629. The van der Waals surface area contributed by atoms with Crippen LogP contribution in [-0.4, -0.2) is 23.2 Å². The van der Waals surface area contributed by atoms with E-state index in [-0.39, 0.29) is 5.75 Å². The number of pyridine rings is 1. The number of benzene rings is 1. The topological polar surface area (TPSA) is 63.6 Å². The summed E-state index contributed by atoms with van der Waals surface area (Å²) in [5.41, 5.74) is 2.78. The Kier molecular flexibility index (Phi) is 5.51. The Labute approximate surface area is 136 Å². The van der Waals surface area contributed by atoms with Gasteiger partial charge in [-0.25, -0.2) is 5.43 Å². The summed E-state index contributed by atoms with van der Waals surface area (Å²) in [6.07, 6.45) is -1.28. The van der Waals surface area contributed by atoms with E-state index in [9.17, 15) is 18.0 Å². The Hall–Kier alpha value is -2.90. The molecule has 24 heavy (non-hydrogen) atoms. The van der Waals surface area contributed by atoms with E-state index in [1.54, 1.807) is 31.5 Å². The smallest absolute Gasteiger partial charge is 0.416 e. The van der Waals surface area contributed by atoms with Crippen LogP contribution in [0.3, 0.4) is 0 Å². The van der Waals surface area contributed by atoms with Gasteiger partial charge < -0.3 is 4.74 Å². The summed E-state index contributed by atoms with van der Waals surface area (Å²) in [6, 6.07) is 7.76. The summed E-state index contributed by atoms with van der Waals surface area (Å²) in [4.78, 5) is 15.5. The molecular formula is C16H14F3N3O2.